The highest BCUT2D eigenvalue weighted by Gasteiger charge is 2.24. The Morgan fingerprint density at radius 2 is 1.87 bits per heavy atom. The smallest absolute Gasteiger partial charge is 0.183 e. The predicted molar refractivity (Wildman–Crippen MR) is 90.2 cm³/mol. The molecule has 2 aromatic heterocycles. The van der Waals surface area contributed by atoms with Gasteiger partial charge in [-0.3, -0.25) is 4.40 Å². The molecule has 1 aromatic carbocycles. The van der Waals surface area contributed by atoms with Crippen LogP contribution in [0.2, 0.25) is 10.0 Å². The van der Waals surface area contributed by atoms with Gasteiger partial charge in [-0.15, -0.1) is 10.2 Å². The molecule has 1 aliphatic rings. The minimum absolute atomic E-state index is 0.427. The molecule has 0 aliphatic heterocycles. The fourth-order valence-corrected chi connectivity index (χ4v) is 2.90. The van der Waals surface area contributed by atoms with Crippen molar-refractivity contribution in [2.24, 2.45) is 5.92 Å². The lowest BCUT2D eigenvalue weighted by Crippen LogP contribution is -1.99. The van der Waals surface area contributed by atoms with E-state index >= 15 is 0 Å². The zero-order valence-electron chi connectivity index (χ0n) is 12.4. The number of ether oxygens (including phenoxy) is 1. The SMILES string of the molecule is Clc1ccc(COc2ccn3c(CC4CC4)nnc3c2Cl)cc1. The Kier molecular flexibility index (Phi) is 3.87. The summed E-state index contributed by atoms with van der Waals surface area (Å²) in [5, 5.41) is 9.68. The standard InChI is InChI=1S/C17H15Cl2N3O/c18-13-5-3-12(4-6-13)10-23-14-7-8-22-15(9-11-1-2-11)20-21-17(22)16(14)19/h3-8,11H,1-2,9-10H2. The molecule has 0 spiro atoms. The second-order valence-electron chi connectivity index (χ2n) is 5.87. The summed E-state index contributed by atoms with van der Waals surface area (Å²) in [6.45, 7) is 0.427. The second kappa shape index (κ2) is 6.02. The summed E-state index contributed by atoms with van der Waals surface area (Å²) in [5.41, 5.74) is 1.68. The summed E-state index contributed by atoms with van der Waals surface area (Å²) in [4.78, 5) is 0. The van der Waals surface area contributed by atoms with Gasteiger partial charge >= 0.3 is 0 Å². The van der Waals surface area contributed by atoms with Gasteiger partial charge in [-0.05, 0) is 42.5 Å². The Morgan fingerprint density at radius 1 is 1.09 bits per heavy atom. The molecule has 4 rings (SSSR count). The van der Waals surface area contributed by atoms with Crippen molar-refractivity contribution in [3.8, 4) is 5.75 Å². The van der Waals surface area contributed by atoms with Crippen molar-refractivity contribution in [3.63, 3.8) is 0 Å². The largest absolute Gasteiger partial charge is 0.487 e. The van der Waals surface area contributed by atoms with Crippen molar-refractivity contribution in [2.45, 2.75) is 25.9 Å². The minimum atomic E-state index is 0.427. The number of fused-ring (bicyclic) bond motifs is 1. The number of nitrogens with zero attached hydrogens (tertiary/aromatic N) is 3. The average Bonchev–Trinajstić information content (AvgIpc) is 3.28. The Morgan fingerprint density at radius 3 is 2.61 bits per heavy atom. The Bertz CT molecular complexity index is 841. The topological polar surface area (TPSA) is 39.4 Å². The highest BCUT2D eigenvalue weighted by Crippen LogP contribution is 2.34. The lowest BCUT2D eigenvalue weighted by atomic mass is 10.2. The van der Waals surface area contributed by atoms with Gasteiger partial charge in [0.1, 0.15) is 23.2 Å². The van der Waals surface area contributed by atoms with Gasteiger partial charge in [-0.25, -0.2) is 0 Å². The summed E-state index contributed by atoms with van der Waals surface area (Å²) in [7, 11) is 0. The Balaban J connectivity index is 1.55. The van der Waals surface area contributed by atoms with E-state index in [-0.39, 0.29) is 0 Å². The molecule has 0 saturated heterocycles. The van der Waals surface area contributed by atoms with E-state index in [9.17, 15) is 0 Å². The third-order valence-corrected chi connectivity index (χ3v) is 4.64. The maximum absolute atomic E-state index is 6.43. The van der Waals surface area contributed by atoms with Gasteiger partial charge < -0.3 is 4.74 Å². The van der Waals surface area contributed by atoms with E-state index in [1.807, 2.05) is 40.9 Å². The molecule has 0 atom stereocenters. The van der Waals surface area contributed by atoms with E-state index in [2.05, 4.69) is 10.2 Å². The highest BCUT2D eigenvalue weighted by atomic mass is 35.5. The van der Waals surface area contributed by atoms with Crippen LogP contribution in [0.4, 0.5) is 0 Å². The van der Waals surface area contributed by atoms with E-state index in [0.29, 0.717) is 28.0 Å². The predicted octanol–water partition coefficient (Wildman–Crippen LogP) is 4.57. The molecular weight excluding hydrogens is 333 g/mol. The number of aromatic nitrogens is 3. The molecule has 23 heavy (non-hydrogen) atoms. The zero-order chi connectivity index (χ0) is 15.8. The van der Waals surface area contributed by atoms with Crippen LogP contribution in [-0.4, -0.2) is 14.6 Å². The molecule has 3 aromatic rings. The molecule has 1 fully saturated rings. The number of halogens is 2. The van der Waals surface area contributed by atoms with Gasteiger partial charge in [0.05, 0.1) is 0 Å². The number of pyridine rings is 1. The van der Waals surface area contributed by atoms with E-state index in [1.165, 1.54) is 12.8 Å². The van der Waals surface area contributed by atoms with Crippen LogP contribution in [0.1, 0.15) is 24.2 Å². The van der Waals surface area contributed by atoms with E-state index in [4.69, 9.17) is 27.9 Å². The molecule has 118 valence electrons. The monoisotopic (exact) mass is 347 g/mol. The van der Waals surface area contributed by atoms with Gasteiger partial charge in [0.25, 0.3) is 0 Å². The van der Waals surface area contributed by atoms with Crippen LogP contribution in [-0.2, 0) is 13.0 Å². The van der Waals surface area contributed by atoms with Crippen molar-refractivity contribution in [2.75, 3.05) is 0 Å². The molecule has 0 N–H and O–H groups in total. The molecule has 4 nitrogen and oxygen atoms in total. The van der Waals surface area contributed by atoms with Gasteiger partial charge in [0, 0.05) is 17.6 Å². The maximum Gasteiger partial charge on any atom is 0.183 e. The van der Waals surface area contributed by atoms with E-state index < -0.39 is 0 Å². The van der Waals surface area contributed by atoms with E-state index in [0.717, 1.165) is 23.7 Å². The van der Waals surface area contributed by atoms with E-state index in [1.54, 1.807) is 0 Å². The van der Waals surface area contributed by atoms with Crippen LogP contribution in [0.5, 0.6) is 5.75 Å². The molecule has 6 heteroatoms. The minimum Gasteiger partial charge on any atom is -0.487 e. The Hall–Kier alpha value is -1.78. The first kappa shape index (κ1) is 14.8. The number of hydrogen-bond acceptors (Lipinski definition) is 3. The quantitative estimate of drug-likeness (QED) is 0.678. The lowest BCUT2D eigenvalue weighted by Gasteiger charge is -2.09. The van der Waals surface area contributed by atoms with Crippen LogP contribution in [0.3, 0.4) is 0 Å². The molecule has 1 aliphatic carbocycles. The first-order valence-corrected chi connectivity index (χ1v) is 8.35. The summed E-state index contributed by atoms with van der Waals surface area (Å²) in [6.07, 6.45) is 5.45. The number of hydrogen-bond donors (Lipinski definition) is 0. The molecule has 0 radical (unpaired) electrons. The third-order valence-electron chi connectivity index (χ3n) is 4.03. The molecule has 0 unspecified atom stereocenters. The zero-order valence-corrected chi connectivity index (χ0v) is 13.9. The third kappa shape index (κ3) is 3.14. The van der Waals surface area contributed by atoms with Crippen LogP contribution >= 0.6 is 23.2 Å². The maximum atomic E-state index is 6.43. The van der Waals surface area contributed by atoms with Gasteiger partial charge in [-0.1, -0.05) is 35.3 Å². The highest BCUT2D eigenvalue weighted by molar-refractivity contribution is 6.35. The van der Waals surface area contributed by atoms with Crippen molar-refractivity contribution < 1.29 is 4.74 Å². The fraction of sp³-hybridized carbons (Fsp3) is 0.294. The first-order chi connectivity index (χ1) is 11.2. The number of rotatable bonds is 5. The summed E-state index contributed by atoms with van der Waals surface area (Å²) < 4.78 is 7.77. The number of benzene rings is 1. The summed E-state index contributed by atoms with van der Waals surface area (Å²) in [5.74, 6) is 2.33. The van der Waals surface area contributed by atoms with Gasteiger partial charge in [0.2, 0.25) is 0 Å². The lowest BCUT2D eigenvalue weighted by molar-refractivity contribution is 0.306. The summed E-state index contributed by atoms with van der Waals surface area (Å²) in [6, 6.07) is 9.41. The molecular formula is C17H15Cl2N3O. The normalized spacial score (nSPS) is 14.3. The Labute approximate surface area is 144 Å². The van der Waals surface area contributed by atoms with Gasteiger partial charge in [0.15, 0.2) is 5.65 Å². The van der Waals surface area contributed by atoms with Crippen molar-refractivity contribution >= 4 is 28.8 Å². The summed E-state index contributed by atoms with van der Waals surface area (Å²) >= 11 is 12.3. The van der Waals surface area contributed by atoms with Crippen LogP contribution in [0.15, 0.2) is 36.5 Å². The van der Waals surface area contributed by atoms with Crippen LogP contribution in [0, 0.1) is 5.92 Å². The van der Waals surface area contributed by atoms with Gasteiger partial charge in [-0.2, -0.15) is 0 Å². The van der Waals surface area contributed by atoms with Crippen molar-refractivity contribution in [1.29, 1.82) is 0 Å². The molecule has 1 saturated carbocycles. The first-order valence-electron chi connectivity index (χ1n) is 7.60. The van der Waals surface area contributed by atoms with Crippen LogP contribution in [0.25, 0.3) is 5.65 Å². The second-order valence-corrected chi connectivity index (χ2v) is 6.68. The molecule has 0 amide bonds. The van der Waals surface area contributed by atoms with Crippen molar-refractivity contribution in [1.82, 2.24) is 14.6 Å². The average molecular weight is 348 g/mol. The molecule has 2 heterocycles. The molecule has 0 bridgehead atoms. The van der Waals surface area contributed by atoms with Crippen molar-refractivity contribution in [3.05, 3.63) is 58.0 Å². The fourth-order valence-electron chi connectivity index (χ4n) is 2.53. The van der Waals surface area contributed by atoms with Crippen LogP contribution < -0.4 is 4.74 Å².